The summed E-state index contributed by atoms with van der Waals surface area (Å²) in [6, 6.07) is 18.4. The molecule has 0 saturated carbocycles. The minimum Gasteiger partial charge on any atom is -0.431 e. The van der Waals surface area contributed by atoms with Crippen LogP contribution in [0.5, 0.6) is 0 Å². The number of carbonyl (C=O) groups excluding carboxylic acids is 2. The topological polar surface area (TPSA) is 98.2 Å². The third kappa shape index (κ3) is 4.12. The maximum Gasteiger partial charge on any atom is 0.318 e. The normalized spacial score (nSPS) is 11.7. The van der Waals surface area contributed by atoms with Crippen LogP contribution in [0.25, 0.3) is 22.6 Å². The highest BCUT2D eigenvalue weighted by molar-refractivity contribution is 8.00. The smallest absolute Gasteiger partial charge is 0.318 e. The average molecular weight is 367 g/mol. The zero-order valence-electron chi connectivity index (χ0n) is 14.0. The summed E-state index contributed by atoms with van der Waals surface area (Å²) in [5.74, 6) is 0.130. The Balaban J connectivity index is 1.94. The van der Waals surface area contributed by atoms with Crippen molar-refractivity contribution < 1.29 is 14.0 Å². The Labute approximate surface area is 154 Å². The zero-order chi connectivity index (χ0) is 18.5. The number of urea groups is 1. The Bertz CT molecular complexity index is 853. The Morgan fingerprint density at radius 2 is 1.62 bits per heavy atom. The molecular formula is C19H17N3O3S. The number of thioether (sulfide) groups is 1. The lowest BCUT2D eigenvalue weighted by Crippen LogP contribution is -2.39. The van der Waals surface area contributed by atoms with E-state index < -0.39 is 17.2 Å². The first-order valence-corrected chi connectivity index (χ1v) is 8.81. The van der Waals surface area contributed by atoms with Gasteiger partial charge in [0.2, 0.25) is 5.91 Å². The van der Waals surface area contributed by atoms with Crippen LogP contribution in [0.3, 0.4) is 0 Å². The number of rotatable bonds is 5. The molecule has 3 rings (SSSR count). The van der Waals surface area contributed by atoms with Crippen LogP contribution in [0.4, 0.5) is 4.79 Å². The van der Waals surface area contributed by atoms with E-state index in [-0.39, 0.29) is 0 Å². The van der Waals surface area contributed by atoms with Gasteiger partial charge in [0.25, 0.3) is 5.22 Å². The second kappa shape index (κ2) is 7.88. The number of carbonyl (C=O) groups is 2. The SMILES string of the molecule is C[C@H](Sc1nc(-c2ccccc2)c(-c2ccccc2)o1)C(=O)NC(N)=O. The van der Waals surface area contributed by atoms with Gasteiger partial charge in [-0.1, -0.05) is 72.4 Å². The standard InChI is InChI=1S/C19H17N3O3S/c1-12(17(23)22-18(20)24)26-19-21-15(13-8-4-2-5-9-13)16(25-19)14-10-6-3-7-11-14/h2-12H,1H3,(H3,20,22,23,24)/t12-/m0/s1. The van der Waals surface area contributed by atoms with Gasteiger partial charge in [-0.15, -0.1) is 0 Å². The molecule has 0 aliphatic heterocycles. The minimum atomic E-state index is -0.884. The molecule has 2 aromatic carbocycles. The summed E-state index contributed by atoms with van der Waals surface area (Å²) in [5.41, 5.74) is 7.48. The molecule has 0 aliphatic carbocycles. The van der Waals surface area contributed by atoms with Gasteiger partial charge in [-0.25, -0.2) is 9.78 Å². The van der Waals surface area contributed by atoms with E-state index >= 15 is 0 Å². The Morgan fingerprint density at radius 3 is 2.19 bits per heavy atom. The van der Waals surface area contributed by atoms with E-state index in [1.807, 2.05) is 60.7 Å². The minimum absolute atomic E-state index is 0.342. The largest absolute Gasteiger partial charge is 0.431 e. The van der Waals surface area contributed by atoms with E-state index in [2.05, 4.69) is 10.3 Å². The van der Waals surface area contributed by atoms with Crippen molar-refractivity contribution in [2.45, 2.75) is 17.4 Å². The molecule has 0 aliphatic rings. The highest BCUT2D eigenvalue weighted by atomic mass is 32.2. The second-order valence-corrected chi connectivity index (χ2v) is 6.80. The number of nitrogens with one attached hydrogen (secondary N) is 1. The van der Waals surface area contributed by atoms with E-state index in [0.29, 0.717) is 16.7 Å². The summed E-state index contributed by atoms with van der Waals surface area (Å²) in [6.45, 7) is 1.65. The summed E-state index contributed by atoms with van der Waals surface area (Å²) in [7, 11) is 0. The number of aromatic nitrogens is 1. The average Bonchev–Trinajstić information content (AvgIpc) is 3.06. The molecule has 0 bridgehead atoms. The van der Waals surface area contributed by atoms with Crippen LogP contribution in [0, 0.1) is 0 Å². The predicted molar refractivity (Wildman–Crippen MR) is 100 cm³/mol. The van der Waals surface area contributed by atoms with Crippen LogP contribution >= 0.6 is 11.8 Å². The van der Waals surface area contributed by atoms with Crippen molar-refractivity contribution in [2.24, 2.45) is 5.73 Å². The number of primary amides is 1. The first kappa shape index (κ1) is 17.8. The first-order valence-electron chi connectivity index (χ1n) is 7.93. The first-order chi connectivity index (χ1) is 12.5. The number of nitrogens with zero attached hydrogens (tertiary/aromatic N) is 1. The molecule has 0 fully saturated rings. The Hall–Kier alpha value is -3.06. The van der Waals surface area contributed by atoms with Gasteiger partial charge in [0.15, 0.2) is 5.76 Å². The molecule has 1 atom stereocenters. The molecule has 3 N–H and O–H groups in total. The number of imide groups is 1. The van der Waals surface area contributed by atoms with E-state index in [0.717, 1.165) is 22.9 Å². The third-order valence-electron chi connectivity index (χ3n) is 3.58. The summed E-state index contributed by atoms with van der Waals surface area (Å²) < 4.78 is 5.94. The van der Waals surface area contributed by atoms with Gasteiger partial charge in [0, 0.05) is 11.1 Å². The van der Waals surface area contributed by atoms with Gasteiger partial charge >= 0.3 is 6.03 Å². The Morgan fingerprint density at radius 1 is 1.04 bits per heavy atom. The molecule has 0 radical (unpaired) electrons. The van der Waals surface area contributed by atoms with Crippen LogP contribution in [-0.4, -0.2) is 22.2 Å². The fourth-order valence-electron chi connectivity index (χ4n) is 2.36. The van der Waals surface area contributed by atoms with Crippen molar-refractivity contribution in [2.75, 3.05) is 0 Å². The number of hydrogen-bond acceptors (Lipinski definition) is 5. The number of benzene rings is 2. The van der Waals surface area contributed by atoms with E-state index in [1.54, 1.807) is 6.92 Å². The van der Waals surface area contributed by atoms with Crippen molar-refractivity contribution in [1.29, 1.82) is 0 Å². The quantitative estimate of drug-likeness (QED) is 0.670. The van der Waals surface area contributed by atoms with Crippen molar-refractivity contribution in [3.63, 3.8) is 0 Å². The molecular weight excluding hydrogens is 350 g/mol. The van der Waals surface area contributed by atoms with Crippen molar-refractivity contribution in [3.05, 3.63) is 60.7 Å². The lowest BCUT2D eigenvalue weighted by Gasteiger charge is -2.06. The molecule has 3 aromatic rings. The van der Waals surface area contributed by atoms with Crippen LogP contribution in [-0.2, 0) is 4.79 Å². The van der Waals surface area contributed by atoms with Crippen molar-refractivity contribution in [3.8, 4) is 22.6 Å². The summed E-state index contributed by atoms with van der Waals surface area (Å²) in [4.78, 5) is 27.3. The van der Waals surface area contributed by atoms with Crippen molar-refractivity contribution >= 4 is 23.7 Å². The van der Waals surface area contributed by atoms with Gasteiger partial charge in [-0.05, 0) is 6.92 Å². The van der Waals surface area contributed by atoms with Gasteiger partial charge in [0.1, 0.15) is 5.69 Å². The summed E-state index contributed by atoms with van der Waals surface area (Å²) in [6.07, 6.45) is 0. The molecule has 0 saturated heterocycles. The third-order valence-corrected chi connectivity index (χ3v) is 4.53. The number of amides is 3. The predicted octanol–water partition coefficient (Wildman–Crippen LogP) is 3.68. The van der Waals surface area contributed by atoms with Crippen LogP contribution < -0.4 is 11.1 Å². The fraction of sp³-hybridized carbons (Fsp3) is 0.105. The molecule has 26 heavy (non-hydrogen) atoms. The lowest BCUT2D eigenvalue weighted by molar-refractivity contribution is -0.119. The molecule has 1 heterocycles. The molecule has 3 amide bonds. The van der Waals surface area contributed by atoms with Crippen LogP contribution in [0.15, 0.2) is 70.3 Å². The lowest BCUT2D eigenvalue weighted by atomic mass is 10.1. The van der Waals surface area contributed by atoms with Gasteiger partial charge in [-0.2, -0.15) is 0 Å². The molecule has 132 valence electrons. The monoisotopic (exact) mass is 367 g/mol. The van der Waals surface area contributed by atoms with Crippen LogP contribution in [0.1, 0.15) is 6.92 Å². The maximum atomic E-state index is 11.9. The van der Waals surface area contributed by atoms with Gasteiger partial charge in [0.05, 0.1) is 5.25 Å². The zero-order valence-corrected chi connectivity index (χ0v) is 14.8. The summed E-state index contributed by atoms with van der Waals surface area (Å²) >= 11 is 1.12. The fourth-order valence-corrected chi connectivity index (χ4v) is 3.10. The Kier molecular flexibility index (Phi) is 5.38. The van der Waals surface area contributed by atoms with Gasteiger partial charge in [-0.3, -0.25) is 10.1 Å². The second-order valence-electron chi connectivity index (χ2n) is 5.50. The highest BCUT2D eigenvalue weighted by Crippen LogP contribution is 2.36. The molecule has 6 nitrogen and oxygen atoms in total. The highest BCUT2D eigenvalue weighted by Gasteiger charge is 2.22. The van der Waals surface area contributed by atoms with E-state index in [9.17, 15) is 9.59 Å². The van der Waals surface area contributed by atoms with E-state index in [4.69, 9.17) is 10.2 Å². The van der Waals surface area contributed by atoms with Crippen LogP contribution in [0.2, 0.25) is 0 Å². The maximum absolute atomic E-state index is 11.9. The van der Waals surface area contributed by atoms with Gasteiger partial charge < -0.3 is 10.2 Å². The molecule has 0 spiro atoms. The van der Waals surface area contributed by atoms with E-state index in [1.165, 1.54) is 0 Å². The molecule has 0 unspecified atom stereocenters. The van der Waals surface area contributed by atoms with Crippen molar-refractivity contribution in [1.82, 2.24) is 10.3 Å². The summed E-state index contributed by atoms with van der Waals surface area (Å²) in [5, 5.41) is 1.81. The molecule has 7 heteroatoms. The number of nitrogens with two attached hydrogens (primary N) is 1. The number of oxazole rings is 1. The molecule has 1 aromatic heterocycles. The number of hydrogen-bond donors (Lipinski definition) is 2.